The molecule has 4 heterocycles. The summed E-state index contributed by atoms with van der Waals surface area (Å²) in [5, 5.41) is 3.70. The van der Waals surface area contributed by atoms with Crippen molar-refractivity contribution in [2.45, 2.75) is 18.9 Å². The maximum absolute atomic E-state index is 12.6. The van der Waals surface area contributed by atoms with Gasteiger partial charge >= 0.3 is 0 Å². The van der Waals surface area contributed by atoms with Crippen molar-refractivity contribution in [2.75, 3.05) is 30.6 Å². The Balaban J connectivity index is 1.43. The highest BCUT2D eigenvalue weighted by Crippen LogP contribution is 2.34. The summed E-state index contributed by atoms with van der Waals surface area (Å²) in [5.41, 5.74) is 0.358. The van der Waals surface area contributed by atoms with E-state index in [4.69, 9.17) is 4.74 Å². The second-order valence-electron chi connectivity index (χ2n) is 7.31. The fourth-order valence-corrected chi connectivity index (χ4v) is 5.15. The maximum Gasteiger partial charge on any atom is 0.261 e. The fourth-order valence-electron chi connectivity index (χ4n) is 3.81. The molecule has 2 N–H and O–H groups in total. The molecule has 3 aliphatic rings. The first-order valence-corrected chi connectivity index (χ1v) is 12.0. The van der Waals surface area contributed by atoms with E-state index in [2.05, 4.69) is 14.9 Å². The molecule has 1 amide bonds. The van der Waals surface area contributed by atoms with Crippen LogP contribution in [-0.2, 0) is 10.0 Å². The smallest absolute Gasteiger partial charge is 0.261 e. The molecule has 9 heteroatoms. The van der Waals surface area contributed by atoms with Crippen LogP contribution in [-0.4, -0.2) is 51.2 Å². The molecule has 150 valence electrons. The summed E-state index contributed by atoms with van der Waals surface area (Å²) in [6.45, 7) is 3.19. The van der Waals surface area contributed by atoms with Gasteiger partial charge in [0.1, 0.15) is 0 Å². The quantitative estimate of drug-likeness (QED) is 0.749. The minimum Gasteiger partial charge on any atom is -0.444 e. The van der Waals surface area contributed by atoms with Crippen molar-refractivity contribution in [1.82, 2.24) is 10.2 Å². The summed E-state index contributed by atoms with van der Waals surface area (Å²) in [4.78, 5) is 15.6. The predicted molar refractivity (Wildman–Crippen MR) is 110 cm³/mol. The largest absolute Gasteiger partial charge is 0.444 e. The van der Waals surface area contributed by atoms with Crippen LogP contribution in [0.3, 0.4) is 0 Å². The van der Waals surface area contributed by atoms with E-state index < -0.39 is 10.0 Å². The van der Waals surface area contributed by atoms with Gasteiger partial charge < -0.3 is 15.0 Å². The van der Waals surface area contributed by atoms with Crippen molar-refractivity contribution in [3.63, 3.8) is 0 Å². The first-order valence-electron chi connectivity index (χ1n) is 9.25. The number of nitrogens with one attached hydrogen (secondary N) is 2. The van der Waals surface area contributed by atoms with Crippen LogP contribution in [0.1, 0.15) is 22.5 Å². The maximum atomic E-state index is 12.6. The Hall–Kier alpha value is -2.10. The zero-order chi connectivity index (χ0) is 19.7. The number of para-hydroxylation sites is 2. The molecule has 2 bridgehead atoms. The van der Waals surface area contributed by atoms with E-state index in [1.807, 2.05) is 0 Å². The molecular formula is C19H23N3O4S2. The van der Waals surface area contributed by atoms with Gasteiger partial charge in [-0.15, -0.1) is 0 Å². The van der Waals surface area contributed by atoms with Crippen LogP contribution in [0.25, 0.3) is 0 Å². The molecule has 0 saturated carbocycles. The Labute approximate surface area is 168 Å². The Kier molecular flexibility index (Phi) is 5.31. The van der Waals surface area contributed by atoms with Crippen LogP contribution in [0.2, 0.25) is 0 Å². The minimum absolute atomic E-state index is 0.0823. The number of anilines is 1. The number of ether oxygens (including phenoxy) is 1. The molecule has 7 nitrogen and oxygen atoms in total. The summed E-state index contributed by atoms with van der Waals surface area (Å²) in [5.74, 6) is 0.874. The van der Waals surface area contributed by atoms with Gasteiger partial charge in [0, 0.05) is 12.6 Å². The molecule has 2 aromatic rings. The number of thiophene rings is 1. The highest BCUT2D eigenvalue weighted by molar-refractivity contribution is 7.92. The summed E-state index contributed by atoms with van der Waals surface area (Å²) < 4.78 is 31.3. The van der Waals surface area contributed by atoms with Crippen LogP contribution in [0, 0.1) is 5.92 Å². The number of amides is 1. The first kappa shape index (κ1) is 19.2. The van der Waals surface area contributed by atoms with Crippen molar-refractivity contribution >= 4 is 33.0 Å². The van der Waals surface area contributed by atoms with Crippen molar-refractivity contribution < 1.29 is 17.9 Å². The molecule has 1 atom stereocenters. The number of carbonyl (C=O) groups excluding carboxylic acids is 1. The first-order chi connectivity index (χ1) is 13.4. The van der Waals surface area contributed by atoms with Gasteiger partial charge in [-0.25, -0.2) is 8.42 Å². The predicted octanol–water partition coefficient (Wildman–Crippen LogP) is 2.74. The van der Waals surface area contributed by atoms with E-state index in [0.717, 1.165) is 38.7 Å². The fraction of sp³-hybridized carbons (Fsp3) is 0.421. The van der Waals surface area contributed by atoms with Gasteiger partial charge in [0.2, 0.25) is 10.0 Å². The zero-order valence-corrected chi connectivity index (χ0v) is 17.2. The van der Waals surface area contributed by atoms with Gasteiger partial charge in [0.05, 0.1) is 16.8 Å². The van der Waals surface area contributed by atoms with E-state index in [1.165, 1.54) is 11.3 Å². The van der Waals surface area contributed by atoms with E-state index in [1.54, 1.807) is 36.4 Å². The zero-order valence-electron chi connectivity index (χ0n) is 15.6. The number of benzene rings is 1. The van der Waals surface area contributed by atoms with Gasteiger partial charge in [-0.05, 0) is 56.1 Å². The molecule has 28 heavy (non-hydrogen) atoms. The second kappa shape index (κ2) is 7.73. The topological polar surface area (TPSA) is 87.7 Å². The lowest BCUT2D eigenvalue weighted by molar-refractivity contribution is 0.0622. The summed E-state index contributed by atoms with van der Waals surface area (Å²) in [6, 6.07) is 10.5. The SMILES string of the molecule is CS(=O)(=O)Nc1ccccc1Oc1ccc(C(=O)N[C@H]2CN3CCC2CC3)s1. The highest BCUT2D eigenvalue weighted by Gasteiger charge is 2.35. The third-order valence-electron chi connectivity index (χ3n) is 5.17. The molecule has 0 unspecified atom stereocenters. The molecule has 0 spiro atoms. The lowest BCUT2D eigenvalue weighted by Crippen LogP contribution is -2.57. The molecule has 0 aliphatic carbocycles. The number of piperidine rings is 3. The van der Waals surface area contributed by atoms with Crippen LogP contribution in [0.15, 0.2) is 36.4 Å². The number of hydrogen-bond acceptors (Lipinski definition) is 6. The number of carbonyl (C=O) groups is 1. The number of rotatable bonds is 6. The molecule has 3 aliphatic heterocycles. The Morgan fingerprint density at radius 2 is 1.93 bits per heavy atom. The molecule has 1 aromatic carbocycles. The monoisotopic (exact) mass is 421 g/mol. The summed E-state index contributed by atoms with van der Waals surface area (Å²) >= 11 is 1.25. The third kappa shape index (κ3) is 4.48. The van der Waals surface area contributed by atoms with Crippen molar-refractivity contribution in [1.29, 1.82) is 0 Å². The van der Waals surface area contributed by atoms with Crippen LogP contribution >= 0.6 is 11.3 Å². The van der Waals surface area contributed by atoms with Gasteiger partial charge in [0.15, 0.2) is 10.8 Å². The van der Waals surface area contributed by atoms with Gasteiger partial charge in [0.25, 0.3) is 5.91 Å². The van der Waals surface area contributed by atoms with Crippen molar-refractivity contribution in [3.05, 3.63) is 41.3 Å². The van der Waals surface area contributed by atoms with E-state index >= 15 is 0 Å². The van der Waals surface area contributed by atoms with E-state index in [9.17, 15) is 13.2 Å². The van der Waals surface area contributed by atoms with E-state index in [-0.39, 0.29) is 11.9 Å². The Morgan fingerprint density at radius 1 is 1.18 bits per heavy atom. The van der Waals surface area contributed by atoms with Crippen molar-refractivity contribution in [3.8, 4) is 10.8 Å². The van der Waals surface area contributed by atoms with Crippen LogP contribution < -0.4 is 14.8 Å². The molecule has 5 rings (SSSR count). The normalized spacial score (nSPS) is 24.0. The summed E-state index contributed by atoms with van der Waals surface area (Å²) in [6.07, 6.45) is 3.38. The Bertz CT molecular complexity index is 965. The Morgan fingerprint density at radius 3 is 2.61 bits per heavy atom. The third-order valence-corrected chi connectivity index (χ3v) is 6.72. The molecule has 3 saturated heterocycles. The number of hydrogen-bond donors (Lipinski definition) is 2. The lowest BCUT2D eigenvalue weighted by atomic mass is 9.84. The summed E-state index contributed by atoms with van der Waals surface area (Å²) in [7, 11) is -3.42. The van der Waals surface area contributed by atoms with E-state index in [0.29, 0.717) is 27.3 Å². The average Bonchev–Trinajstić information content (AvgIpc) is 3.12. The van der Waals surface area contributed by atoms with Gasteiger partial charge in [-0.1, -0.05) is 23.5 Å². The number of fused-ring (bicyclic) bond motifs is 3. The van der Waals surface area contributed by atoms with Gasteiger partial charge in [-0.2, -0.15) is 0 Å². The van der Waals surface area contributed by atoms with Gasteiger partial charge in [-0.3, -0.25) is 9.52 Å². The van der Waals surface area contributed by atoms with Crippen LogP contribution in [0.5, 0.6) is 10.8 Å². The average molecular weight is 422 g/mol. The number of sulfonamides is 1. The lowest BCUT2D eigenvalue weighted by Gasteiger charge is -2.44. The molecule has 1 aromatic heterocycles. The number of nitrogens with zero attached hydrogens (tertiary/aromatic N) is 1. The molecular weight excluding hydrogens is 398 g/mol. The van der Waals surface area contributed by atoms with Crippen molar-refractivity contribution in [2.24, 2.45) is 5.92 Å². The molecule has 3 fully saturated rings. The molecule has 0 radical (unpaired) electrons. The second-order valence-corrected chi connectivity index (χ2v) is 10.1. The van der Waals surface area contributed by atoms with Crippen LogP contribution in [0.4, 0.5) is 5.69 Å². The standard InChI is InChI=1S/C19H23N3O4S2/c1-28(24,25)21-14-4-2-3-5-16(14)26-18-7-6-17(27-18)19(23)20-15-12-22-10-8-13(15)9-11-22/h2-7,13,15,21H,8-12H2,1H3,(H,20,23)/t15-/m0/s1. The minimum atomic E-state index is -3.42. The highest BCUT2D eigenvalue weighted by atomic mass is 32.2.